The summed E-state index contributed by atoms with van der Waals surface area (Å²) in [5.41, 5.74) is 8.26. The van der Waals surface area contributed by atoms with Gasteiger partial charge in [0.25, 0.3) is 0 Å². The third kappa shape index (κ3) is 3.24. The maximum Gasteiger partial charge on any atom is 0.340 e. The molecule has 0 aliphatic heterocycles. The Labute approximate surface area is 127 Å². The molecule has 0 aliphatic rings. The Morgan fingerprint density at radius 3 is 2.65 bits per heavy atom. The predicted octanol–water partition coefficient (Wildman–Crippen LogP) is 4.24. The van der Waals surface area contributed by atoms with Crippen molar-refractivity contribution in [3.8, 4) is 0 Å². The van der Waals surface area contributed by atoms with E-state index in [0.717, 1.165) is 11.1 Å². The fourth-order valence-electron chi connectivity index (χ4n) is 1.71. The van der Waals surface area contributed by atoms with Crippen LogP contribution in [0.25, 0.3) is 0 Å². The molecule has 0 unspecified atom stereocenters. The fourth-order valence-corrected chi connectivity index (χ4v) is 2.04. The Morgan fingerprint density at radius 1 is 1.20 bits per heavy atom. The van der Waals surface area contributed by atoms with Crippen LogP contribution in [0.4, 0.5) is 5.69 Å². The van der Waals surface area contributed by atoms with E-state index >= 15 is 0 Å². The number of ether oxygens (including phenoxy) is 1. The highest BCUT2D eigenvalue weighted by Crippen LogP contribution is 2.23. The molecule has 0 fully saturated rings. The number of esters is 1. The van der Waals surface area contributed by atoms with Crippen molar-refractivity contribution in [3.63, 3.8) is 0 Å². The third-order valence-electron chi connectivity index (χ3n) is 2.90. The first kappa shape index (κ1) is 14.7. The Bertz CT molecular complexity index is 656. The molecule has 5 heteroatoms. The molecule has 0 aromatic heterocycles. The summed E-state index contributed by atoms with van der Waals surface area (Å²) in [6.45, 7) is 1.95. The Balaban J connectivity index is 2.08. The summed E-state index contributed by atoms with van der Waals surface area (Å²) < 4.78 is 5.22. The van der Waals surface area contributed by atoms with Crippen molar-refractivity contribution >= 4 is 34.9 Å². The number of nitrogen functional groups attached to an aromatic ring is 1. The molecule has 0 heterocycles. The average molecular weight is 310 g/mol. The lowest BCUT2D eigenvalue weighted by Gasteiger charge is -2.09. The maximum atomic E-state index is 12.0. The number of rotatable bonds is 3. The molecule has 0 saturated carbocycles. The molecule has 0 amide bonds. The number of carbonyl (C=O) groups is 1. The number of benzene rings is 2. The second kappa shape index (κ2) is 6.16. The quantitative estimate of drug-likeness (QED) is 0.681. The van der Waals surface area contributed by atoms with Gasteiger partial charge in [0.05, 0.1) is 15.6 Å². The Hall–Kier alpha value is -1.71. The van der Waals surface area contributed by atoms with Crippen LogP contribution in [0.1, 0.15) is 21.5 Å². The standard InChI is InChI=1S/C15H13Cl2NO2/c1-9-3-2-4-11(14(9)18)15(19)20-8-10-5-6-12(16)13(17)7-10/h2-7H,8,18H2,1H3. The van der Waals surface area contributed by atoms with Crippen molar-refractivity contribution in [2.45, 2.75) is 13.5 Å². The molecule has 20 heavy (non-hydrogen) atoms. The lowest BCUT2D eigenvalue weighted by Crippen LogP contribution is -2.09. The van der Waals surface area contributed by atoms with Crippen molar-refractivity contribution in [1.82, 2.24) is 0 Å². The zero-order chi connectivity index (χ0) is 14.7. The van der Waals surface area contributed by atoms with E-state index in [9.17, 15) is 4.79 Å². The summed E-state index contributed by atoms with van der Waals surface area (Å²) in [5.74, 6) is -0.461. The van der Waals surface area contributed by atoms with Crippen molar-refractivity contribution in [2.75, 3.05) is 5.73 Å². The molecule has 2 N–H and O–H groups in total. The highest BCUT2D eigenvalue weighted by Gasteiger charge is 2.12. The second-order valence-corrected chi connectivity index (χ2v) is 5.18. The van der Waals surface area contributed by atoms with Gasteiger partial charge in [0.1, 0.15) is 6.61 Å². The smallest absolute Gasteiger partial charge is 0.340 e. The molecule has 0 saturated heterocycles. The number of halogens is 2. The van der Waals surface area contributed by atoms with Gasteiger partial charge < -0.3 is 10.5 Å². The van der Waals surface area contributed by atoms with Gasteiger partial charge in [0, 0.05) is 5.69 Å². The van der Waals surface area contributed by atoms with E-state index in [1.165, 1.54) is 0 Å². The van der Waals surface area contributed by atoms with Crippen molar-refractivity contribution < 1.29 is 9.53 Å². The lowest BCUT2D eigenvalue weighted by molar-refractivity contribution is 0.0474. The number of nitrogens with two attached hydrogens (primary N) is 1. The van der Waals surface area contributed by atoms with Gasteiger partial charge >= 0.3 is 5.97 Å². The van der Waals surface area contributed by atoms with Gasteiger partial charge in [0.15, 0.2) is 0 Å². The molecular formula is C15H13Cl2NO2. The van der Waals surface area contributed by atoms with Gasteiger partial charge in [-0.1, -0.05) is 41.4 Å². The van der Waals surface area contributed by atoms with Gasteiger partial charge in [-0.2, -0.15) is 0 Å². The topological polar surface area (TPSA) is 52.3 Å². The number of aryl methyl sites for hydroxylation is 1. The molecule has 0 radical (unpaired) electrons. The van der Waals surface area contributed by atoms with E-state index in [4.69, 9.17) is 33.7 Å². The highest BCUT2D eigenvalue weighted by atomic mass is 35.5. The molecule has 0 spiro atoms. The molecule has 2 rings (SSSR count). The Kier molecular flexibility index (Phi) is 4.53. The van der Waals surface area contributed by atoms with Gasteiger partial charge in [-0.05, 0) is 36.2 Å². The highest BCUT2D eigenvalue weighted by molar-refractivity contribution is 6.42. The first-order chi connectivity index (χ1) is 9.49. The second-order valence-electron chi connectivity index (χ2n) is 4.36. The maximum absolute atomic E-state index is 12.0. The summed E-state index contributed by atoms with van der Waals surface area (Å²) >= 11 is 11.7. The minimum Gasteiger partial charge on any atom is -0.457 e. The van der Waals surface area contributed by atoms with E-state index in [-0.39, 0.29) is 6.61 Å². The van der Waals surface area contributed by atoms with Crippen molar-refractivity contribution in [1.29, 1.82) is 0 Å². The van der Waals surface area contributed by atoms with Crippen molar-refractivity contribution in [3.05, 3.63) is 63.1 Å². The van der Waals surface area contributed by atoms with Crippen molar-refractivity contribution in [2.24, 2.45) is 0 Å². The molecule has 0 atom stereocenters. The zero-order valence-electron chi connectivity index (χ0n) is 10.8. The van der Waals surface area contributed by atoms with Crippen LogP contribution < -0.4 is 5.73 Å². The first-order valence-corrected chi connectivity index (χ1v) is 6.71. The van der Waals surface area contributed by atoms with E-state index < -0.39 is 5.97 Å². The van der Waals surface area contributed by atoms with Crippen LogP contribution in [-0.2, 0) is 11.3 Å². The summed E-state index contributed by atoms with van der Waals surface area (Å²) in [7, 11) is 0. The molecule has 2 aromatic rings. The molecule has 104 valence electrons. The summed E-state index contributed by atoms with van der Waals surface area (Å²) in [6.07, 6.45) is 0. The predicted molar refractivity (Wildman–Crippen MR) is 81.2 cm³/mol. The molecule has 0 bridgehead atoms. The van der Waals surface area contributed by atoms with Gasteiger partial charge in [-0.25, -0.2) is 4.79 Å². The third-order valence-corrected chi connectivity index (χ3v) is 3.64. The van der Waals surface area contributed by atoms with Crippen LogP contribution in [0.5, 0.6) is 0 Å². The Morgan fingerprint density at radius 2 is 1.95 bits per heavy atom. The van der Waals surface area contributed by atoms with E-state index in [1.807, 2.05) is 13.0 Å². The molecule has 0 aliphatic carbocycles. The monoisotopic (exact) mass is 309 g/mol. The summed E-state index contributed by atoms with van der Waals surface area (Å²) in [6, 6.07) is 10.3. The van der Waals surface area contributed by atoms with E-state index in [0.29, 0.717) is 21.3 Å². The lowest BCUT2D eigenvalue weighted by atomic mass is 10.1. The summed E-state index contributed by atoms with van der Waals surface area (Å²) in [4.78, 5) is 12.0. The normalized spacial score (nSPS) is 10.3. The number of anilines is 1. The van der Waals surface area contributed by atoms with Crippen LogP contribution in [0.3, 0.4) is 0 Å². The molecule has 2 aromatic carbocycles. The summed E-state index contributed by atoms with van der Waals surface area (Å²) in [5, 5.41) is 0.889. The number of hydrogen-bond acceptors (Lipinski definition) is 3. The SMILES string of the molecule is Cc1cccc(C(=O)OCc2ccc(Cl)c(Cl)c2)c1N. The minimum absolute atomic E-state index is 0.114. The largest absolute Gasteiger partial charge is 0.457 e. The minimum atomic E-state index is -0.461. The van der Waals surface area contributed by atoms with Crippen LogP contribution >= 0.6 is 23.2 Å². The van der Waals surface area contributed by atoms with Crippen LogP contribution in [0.2, 0.25) is 10.0 Å². The fraction of sp³-hybridized carbons (Fsp3) is 0.133. The number of hydrogen-bond donors (Lipinski definition) is 1. The van der Waals surface area contributed by atoms with Crippen LogP contribution in [0.15, 0.2) is 36.4 Å². The number of para-hydroxylation sites is 1. The molecule has 3 nitrogen and oxygen atoms in total. The van der Waals surface area contributed by atoms with Gasteiger partial charge in [0.2, 0.25) is 0 Å². The number of carbonyl (C=O) groups excluding carboxylic acids is 1. The molecular weight excluding hydrogens is 297 g/mol. The van der Waals surface area contributed by atoms with Gasteiger partial charge in [-0.15, -0.1) is 0 Å². The zero-order valence-corrected chi connectivity index (χ0v) is 12.3. The average Bonchev–Trinajstić information content (AvgIpc) is 2.43. The van der Waals surface area contributed by atoms with Crippen LogP contribution in [-0.4, -0.2) is 5.97 Å². The van der Waals surface area contributed by atoms with E-state index in [1.54, 1.807) is 30.3 Å². The first-order valence-electron chi connectivity index (χ1n) is 5.95. The van der Waals surface area contributed by atoms with Gasteiger partial charge in [-0.3, -0.25) is 0 Å². The van der Waals surface area contributed by atoms with E-state index in [2.05, 4.69) is 0 Å². The van der Waals surface area contributed by atoms with Crippen LogP contribution in [0, 0.1) is 6.92 Å².